The van der Waals surface area contributed by atoms with Crippen LogP contribution in [0.15, 0.2) is 35.2 Å². The van der Waals surface area contributed by atoms with Crippen LogP contribution in [0.4, 0.5) is 0 Å². The molecule has 5 nitrogen and oxygen atoms in total. The second-order valence-corrected chi connectivity index (χ2v) is 5.15. The Labute approximate surface area is 127 Å². The van der Waals surface area contributed by atoms with E-state index in [9.17, 15) is 0 Å². The summed E-state index contributed by atoms with van der Waals surface area (Å²) in [6.07, 6.45) is 6.08. The molecular formula is C14H17BrN4O. The molecule has 0 fully saturated rings. The maximum absolute atomic E-state index is 5.30. The highest BCUT2D eigenvalue weighted by Crippen LogP contribution is 2.25. The molecule has 1 atom stereocenters. The second kappa shape index (κ2) is 7.31. The van der Waals surface area contributed by atoms with Crippen molar-refractivity contribution in [1.29, 1.82) is 0 Å². The quantitative estimate of drug-likeness (QED) is 0.878. The lowest BCUT2D eigenvalue weighted by Gasteiger charge is -2.19. The first-order valence-corrected chi connectivity index (χ1v) is 7.25. The van der Waals surface area contributed by atoms with Crippen LogP contribution in [0.3, 0.4) is 0 Å². The summed E-state index contributed by atoms with van der Waals surface area (Å²) < 4.78 is 6.25. The van der Waals surface area contributed by atoms with Crippen molar-refractivity contribution >= 4 is 15.9 Å². The summed E-state index contributed by atoms with van der Waals surface area (Å²) in [5.41, 5.74) is 1.64. The highest BCUT2D eigenvalue weighted by molar-refractivity contribution is 9.10. The minimum Gasteiger partial charge on any atom is -0.480 e. The summed E-state index contributed by atoms with van der Waals surface area (Å²) in [6, 6.07) is 3.80. The number of hydrogen-bond acceptors (Lipinski definition) is 5. The fraction of sp³-hybridized carbons (Fsp3) is 0.357. The average Bonchev–Trinajstić information content (AvgIpc) is 2.50. The number of aromatic nitrogens is 3. The number of hydrogen-bond donors (Lipinski definition) is 1. The molecule has 0 saturated heterocycles. The van der Waals surface area contributed by atoms with E-state index in [4.69, 9.17) is 4.74 Å². The summed E-state index contributed by atoms with van der Waals surface area (Å²) in [5, 5.41) is 3.44. The predicted molar refractivity (Wildman–Crippen MR) is 80.7 cm³/mol. The van der Waals surface area contributed by atoms with Crippen molar-refractivity contribution < 1.29 is 4.74 Å². The Bertz CT molecular complexity index is 547. The molecule has 2 aromatic heterocycles. The summed E-state index contributed by atoms with van der Waals surface area (Å²) in [5.74, 6) is 0.519. The highest BCUT2D eigenvalue weighted by atomic mass is 79.9. The molecule has 0 aromatic carbocycles. The molecule has 0 bridgehead atoms. The van der Waals surface area contributed by atoms with Gasteiger partial charge in [0.15, 0.2) is 0 Å². The van der Waals surface area contributed by atoms with E-state index >= 15 is 0 Å². The molecular weight excluding hydrogens is 320 g/mol. The maximum Gasteiger partial charge on any atom is 0.237 e. The van der Waals surface area contributed by atoms with Gasteiger partial charge in [0, 0.05) is 23.1 Å². The first-order chi connectivity index (χ1) is 9.76. The van der Waals surface area contributed by atoms with Gasteiger partial charge in [-0.05, 0) is 41.0 Å². The van der Waals surface area contributed by atoms with Gasteiger partial charge in [0.05, 0.1) is 18.8 Å². The number of nitrogens with one attached hydrogen (secondary N) is 1. The summed E-state index contributed by atoms with van der Waals surface area (Å²) in [7, 11) is 1.60. The van der Waals surface area contributed by atoms with E-state index in [-0.39, 0.29) is 6.04 Å². The second-order valence-electron chi connectivity index (χ2n) is 4.24. The zero-order valence-electron chi connectivity index (χ0n) is 11.5. The lowest BCUT2D eigenvalue weighted by molar-refractivity contribution is 0.381. The highest BCUT2D eigenvalue weighted by Gasteiger charge is 2.21. The van der Waals surface area contributed by atoms with E-state index in [1.807, 2.05) is 12.1 Å². The average molecular weight is 337 g/mol. The summed E-state index contributed by atoms with van der Waals surface area (Å²) in [6.45, 7) is 2.98. The lowest BCUT2D eigenvalue weighted by atomic mass is 10.1. The van der Waals surface area contributed by atoms with Crippen LogP contribution in [0.5, 0.6) is 5.88 Å². The SMILES string of the molecule is CCCNC(c1ccc(Br)cn1)c1nccnc1OC. The van der Waals surface area contributed by atoms with E-state index in [1.165, 1.54) is 0 Å². The Morgan fingerprint density at radius 1 is 1.25 bits per heavy atom. The molecule has 0 spiro atoms. The maximum atomic E-state index is 5.30. The van der Waals surface area contributed by atoms with Gasteiger partial charge in [-0.25, -0.2) is 4.98 Å². The van der Waals surface area contributed by atoms with Crippen LogP contribution < -0.4 is 10.1 Å². The standard InChI is InChI=1S/C14H17BrN4O/c1-3-6-16-12(11-5-4-10(15)9-19-11)13-14(20-2)18-8-7-17-13/h4-5,7-9,12,16H,3,6H2,1-2H3. The Hall–Kier alpha value is -1.53. The lowest BCUT2D eigenvalue weighted by Crippen LogP contribution is -2.25. The van der Waals surface area contributed by atoms with Gasteiger partial charge in [-0.1, -0.05) is 6.92 Å². The van der Waals surface area contributed by atoms with Crippen molar-refractivity contribution in [3.63, 3.8) is 0 Å². The number of nitrogens with zero attached hydrogens (tertiary/aromatic N) is 3. The van der Waals surface area contributed by atoms with Gasteiger partial charge in [-0.15, -0.1) is 0 Å². The fourth-order valence-electron chi connectivity index (χ4n) is 1.88. The first kappa shape index (κ1) is 14.9. The van der Waals surface area contributed by atoms with Crippen molar-refractivity contribution in [2.45, 2.75) is 19.4 Å². The van der Waals surface area contributed by atoms with E-state index in [2.05, 4.69) is 43.1 Å². The van der Waals surface area contributed by atoms with Crippen molar-refractivity contribution in [3.05, 3.63) is 46.6 Å². The van der Waals surface area contributed by atoms with E-state index in [1.54, 1.807) is 25.7 Å². The van der Waals surface area contributed by atoms with Crippen LogP contribution in [0, 0.1) is 0 Å². The molecule has 2 rings (SSSR count). The molecule has 1 N–H and O–H groups in total. The number of methoxy groups -OCH3 is 1. The smallest absolute Gasteiger partial charge is 0.237 e. The zero-order chi connectivity index (χ0) is 14.4. The normalized spacial score (nSPS) is 12.2. The van der Waals surface area contributed by atoms with Crippen LogP contribution in [-0.2, 0) is 0 Å². The summed E-state index contributed by atoms with van der Waals surface area (Å²) in [4.78, 5) is 13.1. The van der Waals surface area contributed by atoms with Crippen LogP contribution in [0.2, 0.25) is 0 Å². The molecule has 0 saturated carbocycles. The van der Waals surface area contributed by atoms with Gasteiger partial charge >= 0.3 is 0 Å². The zero-order valence-corrected chi connectivity index (χ0v) is 13.1. The monoisotopic (exact) mass is 336 g/mol. The van der Waals surface area contributed by atoms with E-state index < -0.39 is 0 Å². The van der Waals surface area contributed by atoms with E-state index in [0.29, 0.717) is 5.88 Å². The first-order valence-electron chi connectivity index (χ1n) is 6.46. The molecule has 0 radical (unpaired) electrons. The largest absolute Gasteiger partial charge is 0.480 e. The predicted octanol–water partition coefficient (Wildman–Crippen LogP) is 2.73. The van der Waals surface area contributed by atoms with Gasteiger partial charge in [-0.3, -0.25) is 9.97 Å². The van der Waals surface area contributed by atoms with Crippen LogP contribution in [0.1, 0.15) is 30.8 Å². The Morgan fingerprint density at radius 3 is 2.70 bits per heavy atom. The summed E-state index contributed by atoms with van der Waals surface area (Å²) >= 11 is 3.40. The fourth-order valence-corrected chi connectivity index (χ4v) is 2.11. The van der Waals surface area contributed by atoms with Crippen LogP contribution >= 0.6 is 15.9 Å². The van der Waals surface area contributed by atoms with Crippen LogP contribution in [-0.4, -0.2) is 28.6 Å². The molecule has 0 aliphatic carbocycles. The molecule has 0 aliphatic heterocycles. The Morgan fingerprint density at radius 2 is 2.05 bits per heavy atom. The molecule has 0 aliphatic rings. The number of halogens is 1. The number of pyridine rings is 1. The Kier molecular flexibility index (Phi) is 5.43. The third-order valence-electron chi connectivity index (χ3n) is 2.80. The van der Waals surface area contributed by atoms with Crippen LogP contribution in [0.25, 0.3) is 0 Å². The number of rotatable bonds is 6. The molecule has 106 valence electrons. The van der Waals surface area contributed by atoms with Crippen molar-refractivity contribution in [2.24, 2.45) is 0 Å². The van der Waals surface area contributed by atoms with Gasteiger partial charge in [0.1, 0.15) is 5.69 Å². The minimum absolute atomic E-state index is 0.133. The van der Waals surface area contributed by atoms with Crippen molar-refractivity contribution in [2.75, 3.05) is 13.7 Å². The third-order valence-corrected chi connectivity index (χ3v) is 3.27. The molecule has 20 heavy (non-hydrogen) atoms. The molecule has 6 heteroatoms. The number of ether oxygens (including phenoxy) is 1. The van der Waals surface area contributed by atoms with Gasteiger partial charge in [0.25, 0.3) is 0 Å². The Balaban J connectivity index is 2.38. The van der Waals surface area contributed by atoms with Crippen molar-refractivity contribution in [1.82, 2.24) is 20.3 Å². The molecule has 1 unspecified atom stereocenters. The third kappa shape index (κ3) is 3.52. The molecule has 0 amide bonds. The van der Waals surface area contributed by atoms with Gasteiger partial charge < -0.3 is 10.1 Å². The molecule has 2 aromatic rings. The molecule has 2 heterocycles. The van der Waals surface area contributed by atoms with Crippen molar-refractivity contribution in [3.8, 4) is 5.88 Å². The topological polar surface area (TPSA) is 59.9 Å². The van der Waals surface area contributed by atoms with E-state index in [0.717, 1.165) is 28.8 Å². The van der Waals surface area contributed by atoms with Gasteiger partial charge in [0.2, 0.25) is 5.88 Å². The minimum atomic E-state index is -0.133. The van der Waals surface area contributed by atoms with Gasteiger partial charge in [-0.2, -0.15) is 0 Å².